The van der Waals surface area contributed by atoms with Gasteiger partial charge in [0.15, 0.2) is 5.96 Å². The summed E-state index contributed by atoms with van der Waals surface area (Å²) in [5.74, 6) is 0.846. The molecule has 0 aliphatic carbocycles. The van der Waals surface area contributed by atoms with Gasteiger partial charge in [0.2, 0.25) is 0 Å². The fourth-order valence-corrected chi connectivity index (χ4v) is 3.62. The SMILES string of the molecule is CCCCOCCCNC(=NC)NCC1(NC(C)c2ccccc2)CCOCC1. The first-order valence-corrected chi connectivity index (χ1v) is 11.1. The minimum absolute atomic E-state index is 0.00556. The summed E-state index contributed by atoms with van der Waals surface area (Å²) in [6, 6.07) is 10.9. The van der Waals surface area contributed by atoms with Crippen molar-refractivity contribution in [3.8, 4) is 0 Å². The van der Waals surface area contributed by atoms with Gasteiger partial charge in [-0.05, 0) is 38.2 Å². The number of hydrogen-bond acceptors (Lipinski definition) is 4. The predicted octanol–water partition coefficient (Wildman–Crippen LogP) is 3.26. The molecule has 6 heteroatoms. The Hall–Kier alpha value is -1.63. The molecule has 29 heavy (non-hydrogen) atoms. The van der Waals surface area contributed by atoms with Crippen LogP contribution in [0.15, 0.2) is 35.3 Å². The molecule has 1 aromatic rings. The summed E-state index contributed by atoms with van der Waals surface area (Å²) in [6.45, 7) is 9.32. The molecule has 2 rings (SSSR count). The van der Waals surface area contributed by atoms with E-state index < -0.39 is 0 Å². The Morgan fingerprint density at radius 2 is 1.86 bits per heavy atom. The maximum atomic E-state index is 5.64. The first-order valence-electron chi connectivity index (χ1n) is 11.1. The molecule has 1 heterocycles. The average Bonchev–Trinajstić information content (AvgIpc) is 2.76. The Balaban J connectivity index is 1.81. The number of unbranched alkanes of at least 4 members (excludes halogenated alkanes) is 1. The number of aliphatic imine (C=N–C) groups is 1. The van der Waals surface area contributed by atoms with Crippen LogP contribution in [-0.4, -0.2) is 58.1 Å². The molecular weight excluding hydrogens is 364 g/mol. The van der Waals surface area contributed by atoms with Crippen LogP contribution in [0, 0.1) is 0 Å². The lowest BCUT2D eigenvalue weighted by Crippen LogP contribution is -2.58. The van der Waals surface area contributed by atoms with E-state index in [9.17, 15) is 0 Å². The molecule has 3 N–H and O–H groups in total. The molecule has 1 aromatic carbocycles. The number of nitrogens with zero attached hydrogens (tertiary/aromatic N) is 1. The minimum Gasteiger partial charge on any atom is -0.381 e. The lowest BCUT2D eigenvalue weighted by molar-refractivity contribution is 0.0355. The van der Waals surface area contributed by atoms with Crippen molar-refractivity contribution in [2.45, 2.75) is 57.5 Å². The highest BCUT2D eigenvalue weighted by Crippen LogP contribution is 2.25. The molecule has 1 fully saturated rings. The van der Waals surface area contributed by atoms with Gasteiger partial charge in [-0.2, -0.15) is 0 Å². The van der Waals surface area contributed by atoms with Gasteiger partial charge in [0, 0.05) is 58.1 Å². The molecule has 1 saturated heterocycles. The molecule has 0 bridgehead atoms. The van der Waals surface area contributed by atoms with Crippen LogP contribution in [-0.2, 0) is 9.47 Å². The highest BCUT2D eigenvalue weighted by molar-refractivity contribution is 5.79. The predicted molar refractivity (Wildman–Crippen MR) is 120 cm³/mol. The van der Waals surface area contributed by atoms with Crippen molar-refractivity contribution in [2.75, 3.05) is 46.6 Å². The van der Waals surface area contributed by atoms with E-state index >= 15 is 0 Å². The lowest BCUT2D eigenvalue weighted by Gasteiger charge is -2.41. The van der Waals surface area contributed by atoms with Gasteiger partial charge in [0.25, 0.3) is 0 Å². The number of hydrogen-bond donors (Lipinski definition) is 3. The van der Waals surface area contributed by atoms with E-state index in [2.05, 4.69) is 65.1 Å². The Morgan fingerprint density at radius 1 is 1.14 bits per heavy atom. The maximum absolute atomic E-state index is 5.64. The highest BCUT2D eigenvalue weighted by Gasteiger charge is 2.34. The Morgan fingerprint density at radius 3 is 2.55 bits per heavy atom. The van der Waals surface area contributed by atoms with Crippen LogP contribution < -0.4 is 16.0 Å². The molecule has 6 nitrogen and oxygen atoms in total. The van der Waals surface area contributed by atoms with Gasteiger partial charge >= 0.3 is 0 Å². The minimum atomic E-state index is -0.00556. The number of rotatable bonds is 12. The zero-order valence-corrected chi connectivity index (χ0v) is 18.5. The molecule has 164 valence electrons. The zero-order chi connectivity index (χ0) is 20.8. The van der Waals surface area contributed by atoms with E-state index in [0.717, 1.165) is 71.2 Å². The van der Waals surface area contributed by atoms with Crippen molar-refractivity contribution < 1.29 is 9.47 Å². The van der Waals surface area contributed by atoms with Crippen LogP contribution in [0.2, 0.25) is 0 Å². The second-order valence-corrected chi connectivity index (χ2v) is 7.84. The van der Waals surface area contributed by atoms with Gasteiger partial charge in [-0.25, -0.2) is 0 Å². The third-order valence-corrected chi connectivity index (χ3v) is 5.49. The van der Waals surface area contributed by atoms with E-state index in [1.165, 1.54) is 12.0 Å². The summed E-state index contributed by atoms with van der Waals surface area (Å²) in [5, 5.41) is 10.8. The highest BCUT2D eigenvalue weighted by atomic mass is 16.5. The van der Waals surface area contributed by atoms with Gasteiger partial charge in [-0.1, -0.05) is 43.7 Å². The van der Waals surface area contributed by atoms with Gasteiger partial charge in [-0.15, -0.1) is 0 Å². The molecule has 0 aromatic heterocycles. The molecule has 0 amide bonds. The molecule has 1 aliphatic heterocycles. The summed E-state index contributed by atoms with van der Waals surface area (Å²) < 4.78 is 11.3. The molecule has 0 saturated carbocycles. The van der Waals surface area contributed by atoms with E-state index in [-0.39, 0.29) is 11.6 Å². The van der Waals surface area contributed by atoms with Crippen molar-refractivity contribution in [3.05, 3.63) is 35.9 Å². The fraction of sp³-hybridized carbons (Fsp3) is 0.696. The summed E-state index contributed by atoms with van der Waals surface area (Å²) in [5.41, 5.74) is 1.30. The van der Waals surface area contributed by atoms with Gasteiger partial charge in [0.1, 0.15) is 0 Å². The summed E-state index contributed by atoms with van der Waals surface area (Å²) in [7, 11) is 1.82. The quantitative estimate of drug-likeness (QED) is 0.283. The topological polar surface area (TPSA) is 66.9 Å². The fourth-order valence-electron chi connectivity index (χ4n) is 3.62. The first kappa shape index (κ1) is 23.6. The number of ether oxygens (including phenoxy) is 2. The summed E-state index contributed by atoms with van der Waals surface area (Å²) in [6.07, 6.45) is 5.26. The second kappa shape index (κ2) is 13.6. The van der Waals surface area contributed by atoms with Gasteiger partial charge in [-0.3, -0.25) is 4.99 Å². The normalized spacial score (nSPS) is 17.7. The van der Waals surface area contributed by atoms with Crippen LogP contribution in [0.3, 0.4) is 0 Å². The van der Waals surface area contributed by atoms with Gasteiger partial charge < -0.3 is 25.4 Å². The van der Waals surface area contributed by atoms with Crippen molar-refractivity contribution in [3.63, 3.8) is 0 Å². The Bertz CT molecular complexity index is 574. The average molecular weight is 405 g/mol. The first-order chi connectivity index (χ1) is 14.2. The maximum Gasteiger partial charge on any atom is 0.191 e. The third-order valence-electron chi connectivity index (χ3n) is 5.49. The van der Waals surface area contributed by atoms with Crippen LogP contribution >= 0.6 is 0 Å². The van der Waals surface area contributed by atoms with Crippen molar-refractivity contribution >= 4 is 5.96 Å². The van der Waals surface area contributed by atoms with Crippen molar-refractivity contribution in [1.82, 2.24) is 16.0 Å². The standard InChI is InChI=1S/C23H40N4O2/c1-4-5-15-28-16-9-14-25-22(24-3)26-19-23(12-17-29-18-13-23)27-20(2)21-10-7-6-8-11-21/h6-8,10-11,20,27H,4-5,9,12-19H2,1-3H3,(H2,24,25,26). The number of nitrogens with one attached hydrogen (secondary N) is 3. The third kappa shape index (κ3) is 8.72. The van der Waals surface area contributed by atoms with Crippen molar-refractivity contribution in [1.29, 1.82) is 0 Å². The molecular formula is C23H40N4O2. The van der Waals surface area contributed by atoms with Crippen LogP contribution in [0.5, 0.6) is 0 Å². The Kier molecular flexibility index (Phi) is 11.1. The van der Waals surface area contributed by atoms with E-state index in [0.29, 0.717) is 0 Å². The Labute approximate surface area is 176 Å². The molecule has 1 aliphatic rings. The van der Waals surface area contributed by atoms with E-state index in [1.807, 2.05) is 7.05 Å². The van der Waals surface area contributed by atoms with Gasteiger partial charge in [0.05, 0.1) is 0 Å². The van der Waals surface area contributed by atoms with E-state index in [1.54, 1.807) is 0 Å². The summed E-state index contributed by atoms with van der Waals surface area (Å²) in [4.78, 5) is 4.38. The molecule has 1 atom stereocenters. The smallest absolute Gasteiger partial charge is 0.191 e. The second-order valence-electron chi connectivity index (χ2n) is 7.84. The monoisotopic (exact) mass is 404 g/mol. The number of benzene rings is 1. The lowest BCUT2D eigenvalue weighted by atomic mass is 9.88. The van der Waals surface area contributed by atoms with Crippen LogP contribution in [0.25, 0.3) is 0 Å². The number of guanidine groups is 1. The molecule has 0 radical (unpaired) electrons. The zero-order valence-electron chi connectivity index (χ0n) is 18.5. The summed E-state index contributed by atoms with van der Waals surface area (Å²) >= 11 is 0. The van der Waals surface area contributed by atoms with Crippen molar-refractivity contribution in [2.24, 2.45) is 4.99 Å². The largest absolute Gasteiger partial charge is 0.381 e. The van der Waals surface area contributed by atoms with E-state index in [4.69, 9.17) is 9.47 Å². The van der Waals surface area contributed by atoms with Crippen LogP contribution in [0.4, 0.5) is 0 Å². The molecule has 1 unspecified atom stereocenters. The molecule has 0 spiro atoms. The van der Waals surface area contributed by atoms with Crippen LogP contribution in [0.1, 0.15) is 57.6 Å².